The van der Waals surface area contributed by atoms with E-state index in [0.717, 1.165) is 24.8 Å². The van der Waals surface area contributed by atoms with Crippen molar-refractivity contribution in [1.29, 1.82) is 0 Å². The number of carbonyl (C=O) groups is 2. The number of carbonyl (C=O) groups excluding carboxylic acids is 2. The molecule has 0 N–H and O–H groups in total. The van der Waals surface area contributed by atoms with Gasteiger partial charge in [0.15, 0.2) is 0 Å². The van der Waals surface area contributed by atoms with E-state index >= 15 is 4.39 Å². The lowest BCUT2D eigenvalue weighted by Crippen LogP contribution is -2.50. The Morgan fingerprint density at radius 2 is 1.92 bits per heavy atom. The Kier molecular flexibility index (Phi) is 5.89. The smallest absolute Gasteiger partial charge is 0.255 e. The normalized spacial score (nSPS) is 28.6. The van der Waals surface area contributed by atoms with Crippen LogP contribution in [0, 0.1) is 11.8 Å². The van der Waals surface area contributed by atoms with Crippen LogP contribution < -0.4 is 0 Å². The van der Waals surface area contributed by atoms with Crippen LogP contribution in [0.15, 0.2) is 71.8 Å². The fourth-order valence-corrected chi connectivity index (χ4v) is 6.02. The summed E-state index contributed by atoms with van der Waals surface area (Å²) in [6, 6.07) is 9.80. The van der Waals surface area contributed by atoms with Crippen molar-refractivity contribution in [3.05, 3.63) is 77.9 Å². The van der Waals surface area contributed by atoms with Gasteiger partial charge in [-0.15, -0.1) is 0 Å². The van der Waals surface area contributed by atoms with Gasteiger partial charge in [-0.05, 0) is 50.7 Å². The molecule has 4 aliphatic rings. The average molecular weight is 516 g/mol. The van der Waals surface area contributed by atoms with Gasteiger partial charge < -0.3 is 4.90 Å². The minimum absolute atomic E-state index is 0.114. The molecule has 2 amide bonds. The Morgan fingerprint density at radius 3 is 2.58 bits per heavy atom. The molecule has 38 heavy (non-hydrogen) atoms. The van der Waals surface area contributed by atoms with E-state index in [4.69, 9.17) is 4.99 Å². The van der Waals surface area contributed by atoms with Gasteiger partial charge in [0.25, 0.3) is 5.91 Å². The fourth-order valence-electron chi connectivity index (χ4n) is 6.02. The fraction of sp³-hybridized carbons (Fsp3) is 0.467. The molecule has 2 aliphatic heterocycles. The van der Waals surface area contributed by atoms with Crippen LogP contribution in [0.3, 0.4) is 0 Å². The lowest BCUT2D eigenvalue weighted by Gasteiger charge is -2.37. The molecule has 8 heteroatoms. The second-order valence-corrected chi connectivity index (χ2v) is 11.6. The molecule has 2 fully saturated rings. The Bertz CT molecular complexity index is 1360. The van der Waals surface area contributed by atoms with E-state index in [9.17, 15) is 9.59 Å². The summed E-state index contributed by atoms with van der Waals surface area (Å²) in [5.74, 6) is 0.181. The zero-order valence-corrected chi connectivity index (χ0v) is 22.2. The van der Waals surface area contributed by atoms with E-state index in [1.54, 1.807) is 48.9 Å². The third-order valence-corrected chi connectivity index (χ3v) is 8.33. The lowest BCUT2D eigenvalue weighted by atomic mass is 9.73. The molecule has 1 saturated heterocycles. The van der Waals surface area contributed by atoms with E-state index in [0.29, 0.717) is 31.0 Å². The topological polar surface area (TPSA) is 70.8 Å². The molecule has 0 radical (unpaired) electrons. The van der Waals surface area contributed by atoms with Crippen LogP contribution in [0.2, 0.25) is 0 Å². The van der Waals surface area contributed by atoms with Gasteiger partial charge in [-0.25, -0.2) is 4.39 Å². The molecule has 1 aromatic carbocycles. The third kappa shape index (κ3) is 4.10. The van der Waals surface area contributed by atoms with Gasteiger partial charge in [0, 0.05) is 50.3 Å². The summed E-state index contributed by atoms with van der Waals surface area (Å²) in [6.07, 6.45) is 11.7. The lowest BCUT2D eigenvalue weighted by molar-refractivity contribution is -0.131. The molecule has 1 saturated carbocycles. The second kappa shape index (κ2) is 9.03. The van der Waals surface area contributed by atoms with Crippen molar-refractivity contribution < 1.29 is 14.0 Å². The van der Waals surface area contributed by atoms with Crippen molar-refractivity contribution in [2.75, 3.05) is 19.6 Å². The Morgan fingerprint density at radius 1 is 1.16 bits per heavy atom. The van der Waals surface area contributed by atoms with Crippen molar-refractivity contribution in [2.45, 2.75) is 50.0 Å². The van der Waals surface area contributed by atoms with Gasteiger partial charge in [0.1, 0.15) is 22.6 Å². The van der Waals surface area contributed by atoms with Crippen molar-refractivity contribution in [3.63, 3.8) is 0 Å². The van der Waals surface area contributed by atoms with Gasteiger partial charge in [0.2, 0.25) is 5.91 Å². The Balaban J connectivity index is 1.37. The first-order chi connectivity index (χ1) is 18.2. The highest BCUT2D eigenvalue weighted by Gasteiger charge is 2.54. The molecule has 7 nitrogen and oxygen atoms in total. The summed E-state index contributed by atoms with van der Waals surface area (Å²) < 4.78 is 18.3. The molecule has 2 aromatic rings. The second-order valence-electron chi connectivity index (χ2n) is 11.6. The van der Waals surface area contributed by atoms with Gasteiger partial charge in [0.05, 0.1) is 6.20 Å². The molecular weight excluding hydrogens is 481 g/mol. The molecule has 0 spiro atoms. The third-order valence-electron chi connectivity index (χ3n) is 8.33. The number of nitrogens with zero attached hydrogens (tertiary/aromatic N) is 5. The summed E-state index contributed by atoms with van der Waals surface area (Å²) in [5.41, 5.74) is -0.753. The summed E-state index contributed by atoms with van der Waals surface area (Å²) >= 11 is 0. The number of hydrogen-bond acceptors (Lipinski definition) is 4. The molecule has 198 valence electrons. The Labute approximate surface area is 222 Å². The zero-order valence-electron chi connectivity index (χ0n) is 22.2. The predicted molar refractivity (Wildman–Crippen MR) is 143 cm³/mol. The number of aromatic nitrogens is 2. The van der Waals surface area contributed by atoms with Gasteiger partial charge >= 0.3 is 0 Å². The highest BCUT2D eigenvalue weighted by atomic mass is 19.1. The van der Waals surface area contributed by atoms with Crippen LogP contribution in [0.1, 0.15) is 50.2 Å². The Hall–Kier alpha value is -3.55. The number of hydrogen-bond donors (Lipinski definition) is 0. The number of halogens is 1. The molecule has 1 aromatic heterocycles. The minimum Gasteiger partial charge on any atom is -0.342 e. The van der Waals surface area contributed by atoms with E-state index in [2.05, 4.69) is 5.10 Å². The number of benzene rings is 1. The van der Waals surface area contributed by atoms with Crippen LogP contribution in [0.5, 0.6) is 0 Å². The maximum absolute atomic E-state index is 16.6. The number of aliphatic imine (C=N–C) groups is 1. The van der Waals surface area contributed by atoms with Crippen LogP contribution in [0.25, 0.3) is 0 Å². The van der Waals surface area contributed by atoms with Crippen molar-refractivity contribution in [1.82, 2.24) is 19.6 Å². The molecule has 6 rings (SSSR count). The molecule has 3 heterocycles. The number of amides is 2. The number of amidine groups is 1. The molecule has 3 atom stereocenters. The number of rotatable bonds is 6. The van der Waals surface area contributed by atoms with Gasteiger partial charge in [-0.3, -0.25) is 24.2 Å². The number of allylic oxidation sites excluding steroid dienone is 2. The quantitative estimate of drug-likeness (QED) is 0.543. The number of aryl methyl sites for hydroxylation is 1. The standard InChI is InChI=1S/C30H34FN5O2/c1-29(2)28(38)36(18-20-12-14-35(17-20)26(37)22-9-10-22)27(33-29)30(24-16-32-34(3)19-24)13-11-23(15-25(30)31)21-7-5-4-6-8-21/h4-8,11,13,15-16,19-20,22-23H,9-10,12,14,17-18H2,1-3H3. The van der Waals surface area contributed by atoms with Gasteiger partial charge in [-0.1, -0.05) is 42.5 Å². The average Bonchev–Trinajstić information content (AvgIpc) is 3.42. The molecule has 0 bridgehead atoms. The van der Waals surface area contributed by atoms with Crippen molar-refractivity contribution in [3.8, 4) is 0 Å². The first-order valence-electron chi connectivity index (χ1n) is 13.5. The maximum atomic E-state index is 16.6. The SMILES string of the molecule is Cn1cc(C2(C3=NC(C)(C)C(=O)N3CC3CCN(C(=O)C4CC4)C3)C=CC(c3ccccc3)C=C2F)cn1. The first kappa shape index (κ1) is 24.8. The van der Waals surface area contributed by atoms with E-state index in [-0.39, 0.29) is 35.4 Å². The van der Waals surface area contributed by atoms with Gasteiger partial charge in [-0.2, -0.15) is 5.10 Å². The summed E-state index contributed by atoms with van der Waals surface area (Å²) in [6.45, 7) is 5.30. The van der Waals surface area contributed by atoms with Crippen molar-refractivity contribution >= 4 is 17.6 Å². The highest BCUT2D eigenvalue weighted by molar-refractivity contribution is 6.14. The molecule has 2 aliphatic carbocycles. The predicted octanol–water partition coefficient (Wildman–Crippen LogP) is 4.14. The minimum atomic E-state index is -1.36. The van der Waals surface area contributed by atoms with E-state index < -0.39 is 11.0 Å². The first-order valence-corrected chi connectivity index (χ1v) is 13.5. The maximum Gasteiger partial charge on any atom is 0.255 e. The monoisotopic (exact) mass is 515 g/mol. The number of likely N-dealkylation sites (tertiary alicyclic amines) is 1. The largest absolute Gasteiger partial charge is 0.342 e. The highest BCUT2D eigenvalue weighted by Crippen LogP contribution is 2.46. The molecular formula is C30H34FN5O2. The summed E-state index contributed by atoms with van der Waals surface area (Å²) in [5, 5.41) is 4.34. The summed E-state index contributed by atoms with van der Waals surface area (Å²) in [7, 11) is 1.80. The van der Waals surface area contributed by atoms with Crippen LogP contribution in [-0.2, 0) is 22.1 Å². The van der Waals surface area contributed by atoms with Crippen LogP contribution >= 0.6 is 0 Å². The van der Waals surface area contributed by atoms with Crippen LogP contribution in [0.4, 0.5) is 4.39 Å². The van der Waals surface area contributed by atoms with E-state index in [1.807, 2.05) is 47.4 Å². The molecule has 3 unspecified atom stereocenters. The van der Waals surface area contributed by atoms with E-state index in [1.165, 1.54) is 0 Å². The zero-order chi connectivity index (χ0) is 26.7. The van der Waals surface area contributed by atoms with Crippen LogP contribution in [-0.4, -0.2) is 62.4 Å². The summed E-state index contributed by atoms with van der Waals surface area (Å²) in [4.78, 5) is 34.9. The van der Waals surface area contributed by atoms with Crippen molar-refractivity contribution in [2.24, 2.45) is 23.9 Å².